The average Bonchev–Trinajstić information content (AvgIpc) is 2.28. The smallest absolute Gasteiger partial charge is 0.333 e. The summed E-state index contributed by atoms with van der Waals surface area (Å²) in [5.41, 5.74) is 5.11. The molecule has 2 aliphatic heterocycles. The predicted octanol–water partition coefficient (Wildman–Crippen LogP) is -0.466. The van der Waals surface area contributed by atoms with Crippen molar-refractivity contribution in [3.8, 4) is 0 Å². The number of amides is 3. The molecule has 0 saturated carbocycles. The van der Waals surface area contributed by atoms with Crippen LogP contribution >= 0.6 is 0 Å². The van der Waals surface area contributed by atoms with E-state index in [1.807, 2.05) is 0 Å². The maximum absolute atomic E-state index is 11.2. The van der Waals surface area contributed by atoms with Gasteiger partial charge in [-0.25, -0.2) is 14.8 Å². The third-order valence-electron chi connectivity index (χ3n) is 2.48. The molecular formula is C7H11N3O2. The number of nitrogens with two attached hydrogens (primary N) is 1. The predicted molar refractivity (Wildman–Crippen MR) is 40.7 cm³/mol. The van der Waals surface area contributed by atoms with Crippen LogP contribution in [0.1, 0.15) is 12.8 Å². The summed E-state index contributed by atoms with van der Waals surface area (Å²) in [6.45, 7) is 1.26. The molecule has 0 aromatic heterocycles. The maximum atomic E-state index is 11.2. The van der Waals surface area contributed by atoms with Crippen LogP contribution in [0.5, 0.6) is 0 Å². The number of hydrogen-bond acceptors (Lipinski definition) is 2. The molecule has 5 heteroatoms. The molecule has 2 bridgehead atoms. The van der Waals surface area contributed by atoms with Gasteiger partial charge in [0.25, 0.3) is 0 Å². The first kappa shape index (κ1) is 7.39. The number of urea groups is 1. The van der Waals surface area contributed by atoms with E-state index in [1.54, 1.807) is 0 Å². The van der Waals surface area contributed by atoms with Gasteiger partial charge in [-0.1, -0.05) is 0 Å². The highest BCUT2D eigenvalue weighted by Crippen LogP contribution is 2.27. The highest BCUT2D eigenvalue weighted by Gasteiger charge is 2.39. The lowest BCUT2D eigenvalue weighted by atomic mass is 10.0. The lowest BCUT2D eigenvalue weighted by Crippen LogP contribution is -2.52. The van der Waals surface area contributed by atoms with Crippen LogP contribution in [0.2, 0.25) is 0 Å². The van der Waals surface area contributed by atoms with Crippen molar-refractivity contribution in [3.63, 3.8) is 0 Å². The van der Waals surface area contributed by atoms with Crippen LogP contribution in [-0.4, -0.2) is 35.0 Å². The van der Waals surface area contributed by atoms with Crippen molar-refractivity contribution in [1.29, 1.82) is 0 Å². The fourth-order valence-electron chi connectivity index (χ4n) is 1.84. The molecule has 2 fully saturated rings. The zero-order valence-corrected chi connectivity index (χ0v) is 6.69. The summed E-state index contributed by atoms with van der Waals surface area (Å²) >= 11 is 0. The second-order valence-corrected chi connectivity index (χ2v) is 3.30. The Morgan fingerprint density at radius 1 is 1.58 bits per heavy atom. The van der Waals surface area contributed by atoms with Crippen LogP contribution in [0, 0.1) is 5.92 Å². The Morgan fingerprint density at radius 3 is 3.00 bits per heavy atom. The van der Waals surface area contributed by atoms with Crippen molar-refractivity contribution >= 4 is 11.9 Å². The number of fused-ring (bicyclic) bond motifs is 2. The van der Waals surface area contributed by atoms with Gasteiger partial charge in [-0.2, -0.15) is 0 Å². The van der Waals surface area contributed by atoms with E-state index in [9.17, 15) is 9.59 Å². The summed E-state index contributed by atoms with van der Waals surface area (Å²) in [7, 11) is 0. The van der Waals surface area contributed by atoms with Crippen molar-refractivity contribution in [3.05, 3.63) is 0 Å². The van der Waals surface area contributed by atoms with Crippen molar-refractivity contribution in [2.75, 3.05) is 13.1 Å². The summed E-state index contributed by atoms with van der Waals surface area (Å²) < 4.78 is 0. The number of primary amides is 1. The number of carbonyl (C=O) groups is 2. The largest absolute Gasteiger partial charge is 0.350 e. The van der Waals surface area contributed by atoms with E-state index in [1.165, 1.54) is 10.0 Å². The quantitative estimate of drug-likeness (QED) is 0.533. The van der Waals surface area contributed by atoms with E-state index in [0.717, 1.165) is 6.42 Å². The van der Waals surface area contributed by atoms with Crippen molar-refractivity contribution in [1.82, 2.24) is 10.0 Å². The van der Waals surface area contributed by atoms with Crippen molar-refractivity contribution in [2.45, 2.75) is 12.8 Å². The number of hydrazine groups is 1. The molecule has 12 heavy (non-hydrogen) atoms. The maximum Gasteiger partial charge on any atom is 0.333 e. The lowest BCUT2D eigenvalue weighted by molar-refractivity contribution is -0.139. The minimum Gasteiger partial charge on any atom is -0.350 e. The molecule has 2 saturated heterocycles. The molecule has 0 aliphatic carbocycles. The van der Waals surface area contributed by atoms with E-state index >= 15 is 0 Å². The highest BCUT2D eigenvalue weighted by molar-refractivity contribution is 5.82. The Bertz CT molecular complexity index is 241. The van der Waals surface area contributed by atoms with Gasteiger partial charge in [-0.15, -0.1) is 0 Å². The second-order valence-electron chi connectivity index (χ2n) is 3.30. The molecule has 1 unspecified atom stereocenters. The molecule has 3 amide bonds. The van der Waals surface area contributed by atoms with Gasteiger partial charge in [0.2, 0.25) is 5.91 Å². The monoisotopic (exact) mass is 169 g/mol. The third kappa shape index (κ3) is 0.929. The van der Waals surface area contributed by atoms with Gasteiger partial charge in [0, 0.05) is 19.5 Å². The Balaban J connectivity index is 2.18. The molecule has 0 radical (unpaired) electrons. The topological polar surface area (TPSA) is 66.6 Å². The van der Waals surface area contributed by atoms with E-state index in [-0.39, 0.29) is 5.91 Å². The van der Waals surface area contributed by atoms with Crippen LogP contribution < -0.4 is 5.73 Å². The molecule has 5 nitrogen and oxygen atoms in total. The van der Waals surface area contributed by atoms with Crippen molar-refractivity contribution in [2.24, 2.45) is 11.7 Å². The average molecular weight is 169 g/mol. The van der Waals surface area contributed by atoms with E-state index in [4.69, 9.17) is 5.73 Å². The summed E-state index contributed by atoms with van der Waals surface area (Å²) in [6, 6.07) is -0.524. The summed E-state index contributed by atoms with van der Waals surface area (Å²) in [5, 5.41) is 2.81. The number of hydrogen-bond donors (Lipinski definition) is 1. The zero-order valence-electron chi connectivity index (χ0n) is 6.69. The molecule has 2 aliphatic rings. The lowest BCUT2D eigenvalue weighted by Gasteiger charge is -2.33. The molecule has 2 N–H and O–H groups in total. The minimum absolute atomic E-state index is 0.0244. The number of nitrogens with zero attached hydrogens (tertiary/aromatic N) is 2. The number of rotatable bonds is 0. The Morgan fingerprint density at radius 2 is 2.33 bits per heavy atom. The standard InChI is InChI=1S/C7H11N3O2/c8-7(12)9-2-1-5-3-6(11)10(9)4-5/h5H,1-4H2,(H2,8,12). The molecule has 1 atom stereocenters. The Hall–Kier alpha value is -1.26. The highest BCUT2D eigenvalue weighted by atomic mass is 16.2. The summed E-state index contributed by atoms with van der Waals surface area (Å²) in [6.07, 6.45) is 1.47. The molecule has 0 aromatic rings. The van der Waals surface area contributed by atoms with Gasteiger partial charge in [-0.05, 0) is 12.3 Å². The van der Waals surface area contributed by atoms with Gasteiger partial charge in [0.15, 0.2) is 0 Å². The fraction of sp³-hybridized carbons (Fsp3) is 0.714. The van der Waals surface area contributed by atoms with Crippen molar-refractivity contribution < 1.29 is 9.59 Å². The molecule has 2 rings (SSSR count). The Labute approximate surface area is 70.1 Å². The first-order valence-electron chi connectivity index (χ1n) is 4.05. The SMILES string of the molecule is NC(=O)N1CCC2CC(=O)N1C2. The molecule has 2 heterocycles. The molecule has 0 aromatic carbocycles. The first-order chi connectivity index (χ1) is 5.68. The molecule has 66 valence electrons. The zero-order chi connectivity index (χ0) is 8.72. The number of carbonyl (C=O) groups excluding carboxylic acids is 2. The van der Waals surface area contributed by atoms with Crippen LogP contribution in [-0.2, 0) is 4.79 Å². The van der Waals surface area contributed by atoms with Gasteiger partial charge in [0.05, 0.1) is 0 Å². The van der Waals surface area contributed by atoms with Crippen LogP contribution in [0.4, 0.5) is 4.79 Å². The summed E-state index contributed by atoms with van der Waals surface area (Å²) in [4.78, 5) is 22.1. The second kappa shape index (κ2) is 2.36. The normalized spacial score (nSPS) is 28.0. The first-order valence-corrected chi connectivity index (χ1v) is 4.05. The van der Waals surface area contributed by atoms with Crippen LogP contribution in [0.3, 0.4) is 0 Å². The van der Waals surface area contributed by atoms with Crippen LogP contribution in [0.25, 0.3) is 0 Å². The van der Waals surface area contributed by atoms with Gasteiger partial charge < -0.3 is 5.73 Å². The summed E-state index contributed by atoms with van der Waals surface area (Å²) in [5.74, 6) is 0.462. The minimum atomic E-state index is -0.524. The van der Waals surface area contributed by atoms with E-state index < -0.39 is 6.03 Å². The molecular weight excluding hydrogens is 158 g/mol. The fourth-order valence-corrected chi connectivity index (χ4v) is 1.84. The van der Waals surface area contributed by atoms with Gasteiger partial charge in [-0.3, -0.25) is 4.79 Å². The van der Waals surface area contributed by atoms with E-state index in [0.29, 0.717) is 25.4 Å². The van der Waals surface area contributed by atoms with Crippen LogP contribution in [0.15, 0.2) is 0 Å². The third-order valence-corrected chi connectivity index (χ3v) is 2.48. The Kier molecular flexibility index (Phi) is 1.46. The van der Waals surface area contributed by atoms with E-state index in [2.05, 4.69) is 0 Å². The van der Waals surface area contributed by atoms with Gasteiger partial charge >= 0.3 is 6.03 Å². The molecule has 0 spiro atoms. The van der Waals surface area contributed by atoms with Gasteiger partial charge in [0.1, 0.15) is 0 Å².